The van der Waals surface area contributed by atoms with Gasteiger partial charge in [-0.15, -0.1) is 5.73 Å². The van der Waals surface area contributed by atoms with Crippen molar-refractivity contribution in [2.45, 2.75) is 0 Å². The van der Waals surface area contributed by atoms with Crippen molar-refractivity contribution in [1.82, 2.24) is 0 Å². The van der Waals surface area contributed by atoms with Gasteiger partial charge in [0, 0.05) is 5.02 Å². The fraction of sp³-hybridized carbons (Fsp3) is 0.100. The Kier molecular flexibility index (Phi) is 3.46. The first-order valence-corrected chi connectivity index (χ1v) is 3.93. The van der Waals surface area contributed by atoms with Crippen molar-refractivity contribution in [3.05, 3.63) is 47.7 Å². The first-order chi connectivity index (χ1) is 5.83. The lowest BCUT2D eigenvalue weighted by Gasteiger charge is -2.01. The topological polar surface area (TPSA) is 9.23 Å². The van der Waals surface area contributed by atoms with Gasteiger partial charge in [-0.05, 0) is 30.3 Å². The standard InChI is InChI=1S/C10H9ClO/c1-2-3-8-12-10-6-4-9(11)5-7-10/h3-7H,1,8H2. The number of ether oxygens (including phenoxy) is 1. The molecule has 0 aliphatic heterocycles. The summed E-state index contributed by atoms with van der Waals surface area (Å²) in [5.74, 6) is 0.797. The van der Waals surface area contributed by atoms with Gasteiger partial charge in [-0.3, -0.25) is 0 Å². The van der Waals surface area contributed by atoms with Crippen LogP contribution in [0.4, 0.5) is 0 Å². The Morgan fingerprint density at radius 1 is 1.42 bits per heavy atom. The fourth-order valence-corrected chi connectivity index (χ4v) is 0.854. The Morgan fingerprint density at radius 3 is 2.67 bits per heavy atom. The van der Waals surface area contributed by atoms with Gasteiger partial charge in [-0.2, -0.15) is 0 Å². The van der Waals surface area contributed by atoms with E-state index in [1.54, 1.807) is 18.2 Å². The smallest absolute Gasteiger partial charge is 0.119 e. The molecule has 12 heavy (non-hydrogen) atoms. The van der Waals surface area contributed by atoms with Crippen LogP contribution in [0.2, 0.25) is 5.02 Å². The molecule has 2 heteroatoms. The maximum atomic E-state index is 5.69. The Hall–Kier alpha value is -1.17. The predicted molar refractivity (Wildman–Crippen MR) is 50.7 cm³/mol. The van der Waals surface area contributed by atoms with Gasteiger partial charge in [-0.25, -0.2) is 0 Å². The lowest BCUT2D eigenvalue weighted by Crippen LogP contribution is -1.91. The number of rotatable bonds is 3. The van der Waals surface area contributed by atoms with Gasteiger partial charge >= 0.3 is 0 Å². The monoisotopic (exact) mass is 180 g/mol. The molecule has 1 aromatic carbocycles. The van der Waals surface area contributed by atoms with E-state index in [1.807, 2.05) is 12.1 Å². The third-order valence-corrected chi connectivity index (χ3v) is 1.54. The molecule has 1 aromatic rings. The first-order valence-electron chi connectivity index (χ1n) is 3.55. The molecule has 0 aromatic heterocycles. The van der Waals surface area contributed by atoms with Crippen molar-refractivity contribution in [2.75, 3.05) is 6.61 Å². The van der Waals surface area contributed by atoms with Crippen LogP contribution in [0.25, 0.3) is 0 Å². The second kappa shape index (κ2) is 4.66. The molecule has 1 nitrogen and oxygen atoms in total. The van der Waals surface area contributed by atoms with E-state index in [1.165, 1.54) is 0 Å². The van der Waals surface area contributed by atoms with Crippen LogP contribution in [-0.2, 0) is 0 Å². The zero-order chi connectivity index (χ0) is 8.81. The molecule has 0 radical (unpaired) electrons. The van der Waals surface area contributed by atoms with Crippen molar-refractivity contribution in [1.29, 1.82) is 0 Å². The summed E-state index contributed by atoms with van der Waals surface area (Å²) >= 11 is 5.69. The fourth-order valence-electron chi connectivity index (χ4n) is 0.728. The molecule has 0 spiro atoms. The molecule has 0 saturated carbocycles. The third kappa shape index (κ3) is 2.83. The van der Waals surface area contributed by atoms with Crippen LogP contribution >= 0.6 is 11.6 Å². The van der Waals surface area contributed by atoms with Crippen LogP contribution in [0.5, 0.6) is 5.75 Å². The number of halogens is 1. The average molecular weight is 181 g/mol. The molecular weight excluding hydrogens is 172 g/mol. The normalized spacial score (nSPS) is 8.75. The van der Waals surface area contributed by atoms with Gasteiger partial charge in [0.1, 0.15) is 12.4 Å². The molecular formula is C10H9ClO. The van der Waals surface area contributed by atoms with E-state index in [-0.39, 0.29) is 0 Å². The molecule has 0 atom stereocenters. The number of benzene rings is 1. The zero-order valence-corrected chi connectivity index (χ0v) is 7.34. The van der Waals surface area contributed by atoms with Gasteiger partial charge in [-0.1, -0.05) is 18.2 Å². The highest BCUT2D eigenvalue weighted by molar-refractivity contribution is 6.30. The lowest BCUT2D eigenvalue weighted by atomic mass is 10.3. The van der Waals surface area contributed by atoms with Crippen LogP contribution in [0.1, 0.15) is 0 Å². The maximum Gasteiger partial charge on any atom is 0.119 e. The predicted octanol–water partition coefficient (Wildman–Crippen LogP) is 3.06. The molecule has 0 aliphatic rings. The van der Waals surface area contributed by atoms with Gasteiger partial charge < -0.3 is 4.74 Å². The van der Waals surface area contributed by atoms with Gasteiger partial charge in [0.05, 0.1) is 0 Å². The number of hydrogen-bond acceptors (Lipinski definition) is 1. The molecule has 0 saturated heterocycles. The van der Waals surface area contributed by atoms with E-state index >= 15 is 0 Å². The minimum atomic E-state index is 0.491. The average Bonchev–Trinajstić information content (AvgIpc) is 2.09. The van der Waals surface area contributed by atoms with Crippen molar-refractivity contribution < 1.29 is 4.74 Å². The van der Waals surface area contributed by atoms with Crippen LogP contribution in [-0.4, -0.2) is 6.61 Å². The summed E-state index contributed by atoms with van der Waals surface area (Å²) in [7, 11) is 0. The summed E-state index contributed by atoms with van der Waals surface area (Å²) in [4.78, 5) is 0. The largest absolute Gasteiger partial charge is 0.489 e. The van der Waals surface area contributed by atoms with E-state index in [2.05, 4.69) is 12.3 Å². The van der Waals surface area contributed by atoms with Crippen LogP contribution in [0.3, 0.4) is 0 Å². The summed E-state index contributed by atoms with van der Waals surface area (Å²) in [5, 5.41) is 0.710. The minimum absolute atomic E-state index is 0.491. The molecule has 0 heterocycles. The summed E-state index contributed by atoms with van der Waals surface area (Å²) in [6.07, 6.45) is 1.72. The SMILES string of the molecule is C=C=CCOc1ccc(Cl)cc1. The van der Waals surface area contributed by atoms with E-state index < -0.39 is 0 Å². The lowest BCUT2D eigenvalue weighted by molar-refractivity contribution is 0.363. The van der Waals surface area contributed by atoms with Crippen LogP contribution in [0, 0.1) is 0 Å². The molecule has 0 N–H and O–H groups in total. The Labute approximate surface area is 76.9 Å². The summed E-state index contributed by atoms with van der Waals surface area (Å²) in [6.45, 7) is 3.92. The van der Waals surface area contributed by atoms with Crippen molar-refractivity contribution in [3.63, 3.8) is 0 Å². The van der Waals surface area contributed by atoms with E-state index in [9.17, 15) is 0 Å². The highest BCUT2D eigenvalue weighted by Crippen LogP contribution is 2.15. The first kappa shape index (κ1) is 8.92. The molecule has 0 aliphatic carbocycles. The van der Waals surface area contributed by atoms with E-state index in [0.29, 0.717) is 11.6 Å². The van der Waals surface area contributed by atoms with Crippen molar-refractivity contribution in [3.8, 4) is 5.75 Å². The van der Waals surface area contributed by atoms with Crippen LogP contribution in [0.15, 0.2) is 42.7 Å². The maximum absolute atomic E-state index is 5.69. The molecule has 1 rings (SSSR count). The van der Waals surface area contributed by atoms with Gasteiger partial charge in [0.2, 0.25) is 0 Å². The molecule has 62 valence electrons. The summed E-state index contributed by atoms with van der Waals surface area (Å²) in [5.41, 5.74) is 2.62. The van der Waals surface area contributed by atoms with Crippen molar-refractivity contribution in [2.24, 2.45) is 0 Å². The quantitative estimate of drug-likeness (QED) is 0.650. The van der Waals surface area contributed by atoms with Crippen LogP contribution < -0.4 is 4.74 Å². The highest BCUT2D eigenvalue weighted by Gasteiger charge is 1.90. The van der Waals surface area contributed by atoms with Crippen molar-refractivity contribution >= 4 is 11.6 Å². The molecule has 0 unspecified atom stereocenters. The Morgan fingerprint density at radius 2 is 2.08 bits per heavy atom. The van der Waals surface area contributed by atoms with Gasteiger partial charge in [0.25, 0.3) is 0 Å². The Bertz CT molecular complexity index is 283. The summed E-state index contributed by atoms with van der Waals surface area (Å²) < 4.78 is 5.28. The second-order valence-electron chi connectivity index (χ2n) is 2.17. The third-order valence-electron chi connectivity index (χ3n) is 1.29. The van der Waals surface area contributed by atoms with E-state index in [0.717, 1.165) is 5.75 Å². The molecule has 0 bridgehead atoms. The highest BCUT2D eigenvalue weighted by atomic mass is 35.5. The molecule has 0 amide bonds. The summed E-state index contributed by atoms with van der Waals surface area (Å²) in [6, 6.07) is 7.21. The zero-order valence-electron chi connectivity index (χ0n) is 6.59. The molecule has 0 fully saturated rings. The second-order valence-corrected chi connectivity index (χ2v) is 2.61. The van der Waals surface area contributed by atoms with E-state index in [4.69, 9.17) is 16.3 Å². The Balaban J connectivity index is 2.53. The van der Waals surface area contributed by atoms with Gasteiger partial charge in [0.15, 0.2) is 0 Å². The number of hydrogen-bond donors (Lipinski definition) is 0. The minimum Gasteiger partial charge on any atom is -0.489 e.